The van der Waals surface area contributed by atoms with Gasteiger partial charge in [0.2, 0.25) is 0 Å². The summed E-state index contributed by atoms with van der Waals surface area (Å²) in [5.74, 6) is 0. The zero-order valence-corrected chi connectivity index (χ0v) is 38.7. The van der Waals surface area contributed by atoms with Gasteiger partial charge in [-0.3, -0.25) is 0 Å². The molecule has 0 saturated carbocycles. The van der Waals surface area contributed by atoms with Crippen LogP contribution in [0.2, 0.25) is 0 Å². The second-order valence-corrected chi connectivity index (χ2v) is 22.4. The van der Waals surface area contributed by atoms with Gasteiger partial charge < -0.3 is 8.80 Å². The van der Waals surface area contributed by atoms with Crippen molar-refractivity contribution in [2.45, 2.75) is 52.4 Å². The van der Waals surface area contributed by atoms with E-state index in [1.54, 1.807) is 22.7 Å². The van der Waals surface area contributed by atoms with E-state index in [1.807, 2.05) is 53.7 Å². The van der Waals surface area contributed by atoms with Crippen LogP contribution in [0.25, 0.3) is 139 Å². The normalized spacial score (nSPS) is 15.0. The Hall–Kier alpha value is -6.98. The molecule has 0 fully saturated rings. The molecule has 314 valence electrons. The summed E-state index contributed by atoms with van der Waals surface area (Å²) in [5.41, 5.74) is 6.89. The van der Waals surface area contributed by atoms with Crippen LogP contribution < -0.4 is 0 Å². The van der Waals surface area contributed by atoms with Crippen LogP contribution in [0.3, 0.4) is 0 Å². The lowest BCUT2D eigenvalue weighted by Crippen LogP contribution is -2.10. The molecule has 0 aliphatic carbocycles. The predicted molar refractivity (Wildman–Crippen MR) is 290 cm³/mol. The molecule has 4 heteroatoms. The van der Waals surface area contributed by atoms with E-state index in [4.69, 9.17) is 0 Å². The van der Waals surface area contributed by atoms with E-state index in [1.165, 1.54) is 29.6 Å². The lowest BCUT2D eigenvalue weighted by Gasteiger charge is -2.19. The number of rotatable bonds is 2. The minimum Gasteiger partial charge on any atom is -0.308 e. The molecule has 15 aromatic rings. The Balaban J connectivity index is 1.19. The van der Waals surface area contributed by atoms with Gasteiger partial charge in [0.15, 0.2) is 0 Å². The Bertz CT molecular complexity index is 4700. The molecule has 6 aromatic heterocycles. The van der Waals surface area contributed by atoms with Crippen LogP contribution in [0.5, 0.6) is 0 Å². The Labute approximate surface area is 400 Å². The highest BCUT2D eigenvalue weighted by Gasteiger charge is 2.28. The van der Waals surface area contributed by atoms with Crippen LogP contribution in [-0.2, 0) is 10.8 Å². The largest absolute Gasteiger partial charge is 0.308 e. The minimum atomic E-state index is -0.631. The van der Waals surface area contributed by atoms with Crippen molar-refractivity contribution < 1.29 is 11.0 Å². The van der Waals surface area contributed by atoms with E-state index >= 15 is 0 Å². The highest BCUT2D eigenvalue weighted by Crippen LogP contribution is 2.52. The fourth-order valence-electron chi connectivity index (χ4n) is 11.3. The molecule has 0 aliphatic heterocycles. The van der Waals surface area contributed by atoms with E-state index < -0.39 is 10.8 Å². The molecule has 9 aromatic carbocycles. The van der Waals surface area contributed by atoms with Gasteiger partial charge in [-0.15, -0.1) is 22.7 Å². The van der Waals surface area contributed by atoms with E-state index in [0.29, 0.717) is 22.3 Å². The average Bonchev–Trinajstić information content (AvgIpc) is 4.25. The molecule has 0 atom stereocenters. The van der Waals surface area contributed by atoms with Crippen molar-refractivity contribution in [1.82, 2.24) is 8.80 Å². The van der Waals surface area contributed by atoms with E-state index in [-0.39, 0.29) is 59.5 Å². The summed E-state index contributed by atoms with van der Waals surface area (Å²) in [6.45, 7) is 11.6. The number of hydrogen-bond donors (Lipinski definition) is 0. The van der Waals surface area contributed by atoms with Gasteiger partial charge >= 0.3 is 0 Å². The topological polar surface area (TPSA) is 8.82 Å². The third kappa shape index (κ3) is 4.70. The summed E-state index contributed by atoms with van der Waals surface area (Å²) in [4.78, 5) is 0. The summed E-state index contributed by atoms with van der Waals surface area (Å²) in [5, 5.41) is 12.4. The van der Waals surface area contributed by atoms with Crippen molar-refractivity contribution >= 4 is 139 Å². The minimum absolute atomic E-state index is 0.0406. The smallest absolute Gasteiger partial charge is 0.0629 e. The number of thiophene rings is 2. The van der Waals surface area contributed by atoms with E-state index in [2.05, 4.69) is 106 Å². The Kier molecular flexibility index (Phi) is 5.72. The Morgan fingerprint density at radius 2 is 0.773 bits per heavy atom. The molecule has 6 heterocycles. The molecule has 2 nitrogen and oxygen atoms in total. The van der Waals surface area contributed by atoms with Crippen molar-refractivity contribution in [2.24, 2.45) is 0 Å². The summed E-state index contributed by atoms with van der Waals surface area (Å²) in [6.07, 6.45) is 0. The molecule has 0 bridgehead atoms. The van der Waals surface area contributed by atoms with Crippen molar-refractivity contribution in [3.63, 3.8) is 0 Å². The predicted octanol–water partition coefficient (Wildman–Crippen LogP) is 18.7. The van der Waals surface area contributed by atoms with Gasteiger partial charge in [-0.25, -0.2) is 0 Å². The molecule has 0 aliphatic rings. The Morgan fingerprint density at radius 1 is 0.364 bits per heavy atom. The number of fused-ring (bicyclic) bond motifs is 20. The molecule has 0 unspecified atom stereocenters. The third-order valence-electron chi connectivity index (χ3n) is 14.3. The van der Waals surface area contributed by atoms with E-state index in [0.717, 1.165) is 87.0 Å². The number of benzene rings is 9. The molecule has 0 spiro atoms. The highest BCUT2D eigenvalue weighted by atomic mass is 32.1. The monoisotopic (exact) mass is 888 g/mol. The first-order valence-corrected chi connectivity index (χ1v) is 24.2. The van der Waals surface area contributed by atoms with Crippen LogP contribution in [0, 0.1) is 0 Å². The van der Waals surface area contributed by atoms with Gasteiger partial charge in [0.1, 0.15) is 0 Å². The van der Waals surface area contributed by atoms with Crippen LogP contribution in [0.15, 0.2) is 158 Å². The third-order valence-corrected chi connectivity index (χ3v) is 16.6. The molecule has 0 saturated heterocycles. The van der Waals surface area contributed by atoms with Gasteiger partial charge in [0.05, 0.1) is 44.1 Å². The lowest BCUT2D eigenvalue weighted by molar-refractivity contribution is 0.590. The molecule has 15 rings (SSSR count). The summed E-state index contributed by atoms with van der Waals surface area (Å²) < 4.78 is 85.7. The lowest BCUT2D eigenvalue weighted by atomic mass is 9.85. The van der Waals surface area contributed by atoms with Crippen molar-refractivity contribution in [3.05, 3.63) is 169 Å². The van der Waals surface area contributed by atoms with Gasteiger partial charge in [0, 0.05) is 83.4 Å². The second-order valence-electron chi connectivity index (χ2n) is 20.2. The maximum Gasteiger partial charge on any atom is 0.0629 e. The Morgan fingerprint density at radius 3 is 1.18 bits per heavy atom. The average molecular weight is 889 g/mol. The molecular weight excluding hydrogens is 837 g/mol. The van der Waals surface area contributed by atoms with Gasteiger partial charge in [-0.05, 0) is 92.7 Å². The summed E-state index contributed by atoms with van der Waals surface area (Å²) in [7, 11) is 0. The van der Waals surface area contributed by atoms with Crippen LogP contribution in [-0.4, -0.2) is 8.80 Å². The van der Waals surface area contributed by atoms with Gasteiger partial charge in [-0.2, -0.15) is 0 Å². The zero-order valence-electron chi connectivity index (χ0n) is 45.1. The molecule has 66 heavy (non-hydrogen) atoms. The van der Waals surface area contributed by atoms with Crippen LogP contribution in [0.1, 0.15) is 63.6 Å². The summed E-state index contributed by atoms with van der Waals surface area (Å²) >= 11 is 3.54. The van der Waals surface area contributed by atoms with Crippen LogP contribution in [0.4, 0.5) is 0 Å². The van der Waals surface area contributed by atoms with Crippen LogP contribution >= 0.6 is 22.7 Å². The second kappa shape index (κ2) is 12.5. The number of aromatic nitrogens is 2. The van der Waals surface area contributed by atoms with Gasteiger partial charge in [-0.1, -0.05) is 151 Å². The standard InChI is InChI=1S/C62H44N2S2/c1-61(2,3)35-19-15-33(16-20-35)37-23-25-41-55-45(27-29-51-57(55)39-11-7-9-13-49(39)65-51)63-47-32-44-48(31-43(47)53(37)59(41)63)64-46-28-30-52-58(40-12-8-10-14-50(40)66-52)56(46)42-26-24-38(54(44)60(42)64)34-17-21-36(22-18-34)62(4,5)6/h7-32H,1-6H3/i15D,16D,17D,18D,19D,20D,21D,22D. The highest BCUT2D eigenvalue weighted by molar-refractivity contribution is 7.26. The maximum absolute atomic E-state index is 9.68. The number of nitrogens with zero attached hydrogens (tertiary/aromatic N) is 2. The van der Waals surface area contributed by atoms with Crippen molar-refractivity contribution in [2.75, 3.05) is 0 Å². The first-order chi connectivity index (χ1) is 35.4. The van der Waals surface area contributed by atoms with Crippen molar-refractivity contribution in [3.8, 4) is 22.3 Å². The van der Waals surface area contributed by atoms with Crippen molar-refractivity contribution in [1.29, 1.82) is 0 Å². The fourth-order valence-corrected chi connectivity index (χ4v) is 13.5. The first-order valence-electron chi connectivity index (χ1n) is 26.6. The molecule has 0 radical (unpaired) electrons. The SMILES string of the molecule is [2H]c1c([2H])c(C(C)(C)C)c([2H])c([2H])c1-c1ccc2c3c4c(ccc3n3c5cc6c7c(-c8c([2H])c([2H])c(C(C)(C)C)c([2H])c8[2H])ccc8c9c%10c(ccc9n(c6cc5c1c23)c87)sc1ccccc1%10)sc1ccccc14. The van der Waals surface area contributed by atoms with E-state index in [9.17, 15) is 11.0 Å². The first kappa shape index (κ1) is 30.3. The maximum atomic E-state index is 9.68. The quantitative estimate of drug-likeness (QED) is 0.164. The zero-order chi connectivity index (χ0) is 51.1. The molecule has 0 N–H and O–H groups in total. The summed E-state index contributed by atoms with van der Waals surface area (Å²) in [6, 6.07) is 38.1. The molecule has 0 amide bonds. The van der Waals surface area contributed by atoms with Gasteiger partial charge in [0.25, 0.3) is 0 Å². The fraction of sp³-hybridized carbons (Fsp3) is 0.129. The molecular formula is C62H44N2S2. The number of hydrogen-bond acceptors (Lipinski definition) is 2.